The first-order valence-electron chi connectivity index (χ1n) is 6.59. The van der Waals surface area contributed by atoms with Crippen LogP contribution in [0.25, 0.3) is 11.0 Å². The van der Waals surface area contributed by atoms with Crippen molar-refractivity contribution in [3.8, 4) is 5.75 Å². The van der Waals surface area contributed by atoms with Gasteiger partial charge < -0.3 is 4.74 Å². The summed E-state index contributed by atoms with van der Waals surface area (Å²) in [5, 5.41) is 0. The van der Waals surface area contributed by atoms with Crippen molar-refractivity contribution in [3.05, 3.63) is 58.8 Å². The van der Waals surface area contributed by atoms with Crippen molar-refractivity contribution < 1.29 is 13.5 Å². The number of hydrogen-bond acceptors (Lipinski definition) is 3. The van der Waals surface area contributed by atoms with Crippen molar-refractivity contribution in [2.24, 2.45) is 7.05 Å². The predicted molar refractivity (Wildman–Crippen MR) is 77.2 cm³/mol. The fraction of sp³-hybridized carbons (Fsp3) is 0.200. The summed E-state index contributed by atoms with van der Waals surface area (Å²) in [6, 6.07) is 8.06. The van der Waals surface area contributed by atoms with Gasteiger partial charge in [0, 0.05) is 13.2 Å². The van der Waals surface area contributed by atoms with Crippen LogP contribution in [0.5, 0.6) is 5.75 Å². The molecule has 5 nitrogen and oxygen atoms in total. The van der Waals surface area contributed by atoms with Crippen LogP contribution >= 0.6 is 0 Å². The molecule has 0 radical (unpaired) electrons. The first-order valence-corrected chi connectivity index (χ1v) is 6.59. The molecule has 3 aromatic rings. The second-order valence-electron chi connectivity index (χ2n) is 4.82. The average Bonchev–Trinajstić information content (AvgIpc) is 2.73. The third-order valence-corrected chi connectivity index (χ3v) is 3.41. The summed E-state index contributed by atoms with van der Waals surface area (Å²) in [4.78, 5) is 16.3. The van der Waals surface area contributed by atoms with Crippen molar-refractivity contribution in [3.63, 3.8) is 0 Å². The fourth-order valence-electron chi connectivity index (χ4n) is 2.41. The lowest BCUT2D eigenvalue weighted by Crippen LogP contribution is -2.22. The molecule has 7 heteroatoms. The molecule has 0 aliphatic heterocycles. The molecule has 0 bridgehead atoms. The molecular formula is C15H13F2N3O2. The van der Waals surface area contributed by atoms with Gasteiger partial charge in [0.2, 0.25) is 0 Å². The predicted octanol–water partition coefficient (Wildman–Crippen LogP) is 2.38. The Bertz CT molecular complexity index is 871. The number of halogens is 2. The number of ether oxygens (including phenoxy) is 1. The lowest BCUT2D eigenvalue weighted by Gasteiger charge is -2.07. The van der Waals surface area contributed by atoms with Gasteiger partial charge >= 0.3 is 12.3 Å². The molecule has 0 unspecified atom stereocenters. The standard InChI is InChI=1S/C15H13F2N3O2/c1-19-12-5-6-18-8-13(12)20(15(19)21)9-10-3-2-4-11(7-10)22-14(16)17/h2-8,14H,9H2,1H3. The Hall–Kier alpha value is -2.70. The number of nitrogens with zero attached hydrogens (tertiary/aromatic N) is 3. The fourth-order valence-corrected chi connectivity index (χ4v) is 2.41. The summed E-state index contributed by atoms with van der Waals surface area (Å²) in [5.74, 6) is 0.0684. The van der Waals surface area contributed by atoms with Crippen LogP contribution < -0.4 is 10.4 Å². The van der Waals surface area contributed by atoms with Gasteiger partial charge in [0.05, 0.1) is 23.8 Å². The summed E-state index contributed by atoms with van der Waals surface area (Å²) >= 11 is 0. The van der Waals surface area contributed by atoms with Crippen LogP contribution in [0, 0.1) is 0 Å². The van der Waals surface area contributed by atoms with Gasteiger partial charge in [0.25, 0.3) is 0 Å². The number of alkyl halides is 2. The highest BCUT2D eigenvalue weighted by Crippen LogP contribution is 2.18. The highest BCUT2D eigenvalue weighted by atomic mass is 19.3. The molecule has 0 atom stereocenters. The van der Waals surface area contributed by atoms with E-state index in [1.165, 1.54) is 16.7 Å². The van der Waals surface area contributed by atoms with E-state index < -0.39 is 6.61 Å². The summed E-state index contributed by atoms with van der Waals surface area (Å²) in [5.41, 5.74) is 1.95. The zero-order valence-electron chi connectivity index (χ0n) is 11.7. The highest BCUT2D eigenvalue weighted by molar-refractivity contribution is 5.74. The Kier molecular flexibility index (Phi) is 3.62. The Labute approximate surface area is 124 Å². The molecule has 0 amide bonds. The normalized spacial score (nSPS) is 11.3. The molecule has 3 rings (SSSR count). The summed E-state index contributed by atoms with van der Waals surface area (Å²) in [6.45, 7) is -2.62. The number of rotatable bonds is 4. The number of benzene rings is 1. The highest BCUT2D eigenvalue weighted by Gasteiger charge is 2.11. The van der Waals surface area contributed by atoms with E-state index in [1.54, 1.807) is 42.2 Å². The van der Waals surface area contributed by atoms with E-state index in [0.29, 0.717) is 11.1 Å². The molecule has 0 aliphatic carbocycles. The summed E-state index contributed by atoms with van der Waals surface area (Å²) < 4.78 is 32.0. The van der Waals surface area contributed by atoms with E-state index in [-0.39, 0.29) is 18.0 Å². The quantitative estimate of drug-likeness (QED) is 0.743. The number of fused-ring (bicyclic) bond motifs is 1. The zero-order valence-corrected chi connectivity index (χ0v) is 11.7. The first kappa shape index (κ1) is 14.2. The Morgan fingerprint density at radius 2 is 2.09 bits per heavy atom. The van der Waals surface area contributed by atoms with Crippen LogP contribution in [0.3, 0.4) is 0 Å². The van der Waals surface area contributed by atoms with Crippen LogP contribution in [0.15, 0.2) is 47.5 Å². The largest absolute Gasteiger partial charge is 0.435 e. The SMILES string of the molecule is Cn1c(=O)n(Cc2cccc(OC(F)F)c2)c2cnccc21. The van der Waals surface area contributed by atoms with Crippen molar-refractivity contribution in [1.82, 2.24) is 14.1 Å². The minimum absolute atomic E-state index is 0.0684. The Balaban J connectivity index is 2.00. The van der Waals surface area contributed by atoms with E-state index >= 15 is 0 Å². The Morgan fingerprint density at radius 1 is 1.27 bits per heavy atom. The van der Waals surface area contributed by atoms with Gasteiger partial charge in [-0.3, -0.25) is 14.1 Å². The number of aryl methyl sites for hydroxylation is 1. The van der Waals surface area contributed by atoms with Crippen LogP contribution in [0.2, 0.25) is 0 Å². The molecule has 1 aromatic carbocycles. The monoisotopic (exact) mass is 305 g/mol. The van der Waals surface area contributed by atoms with Gasteiger partial charge in [0.15, 0.2) is 0 Å². The van der Waals surface area contributed by atoms with Crippen LogP contribution in [-0.4, -0.2) is 20.7 Å². The molecule has 0 fully saturated rings. The second kappa shape index (κ2) is 5.59. The van der Waals surface area contributed by atoms with E-state index in [0.717, 1.165) is 5.52 Å². The van der Waals surface area contributed by atoms with Crippen molar-refractivity contribution in [1.29, 1.82) is 0 Å². The van der Waals surface area contributed by atoms with Gasteiger partial charge in [-0.2, -0.15) is 8.78 Å². The molecule has 2 heterocycles. The van der Waals surface area contributed by atoms with Crippen LogP contribution in [-0.2, 0) is 13.6 Å². The van der Waals surface area contributed by atoms with E-state index in [2.05, 4.69) is 9.72 Å². The van der Waals surface area contributed by atoms with Gasteiger partial charge in [-0.25, -0.2) is 4.79 Å². The van der Waals surface area contributed by atoms with E-state index in [9.17, 15) is 13.6 Å². The molecule has 22 heavy (non-hydrogen) atoms. The summed E-state index contributed by atoms with van der Waals surface area (Å²) in [7, 11) is 1.68. The number of hydrogen-bond donors (Lipinski definition) is 0. The van der Waals surface area contributed by atoms with Gasteiger partial charge in [-0.05, 0) is 23.8 Å². The molecule has 0 aliphatic rings. The smallest absolute Gasteiger partial charge is 0.387 e. The maximum atomic E-state index is 12.3. The third-order valence-electron chi connectivity index (χ3n) is 3.41. The number of aromatic nitrogens is 3. The molecule has 0 N–H and O–H groups in total. The van der Waals surface area contributed by atoms with Gasteiger partial charge in [-0.15, -0.1) is 0 Å². The van der Waals surface area contributed by atoms with Gasteiger partial charge in [-0.1, -0.05) is 12.1 Å². The lowest BCUT2D eigenvalue weighted by molar-refractivity contribution is -0.0498. The van der Waals surface area contributed by atoms with E-state index in [4.69, 9.17) is 0 Å². The third kappa shape index (κ3) is 2.57. The van der Waals surface area contributed by atoms with Crippen molar-refractivity contribution in [2.45, 2.75) is 13.2 Å². The average molecular weight is 305 g/mol. The molecule has 114 valence electrons. The zero-order chi connectivity index (χ0) is 15.7. The molecule has 0 saturated heterocycles. The van der Waals surface area contributed by atoms with Crippen LogP contribution in [0.1, 0.15) is 5.56 Å². The molecule has 2 aromatic heterocycles. The first-order chi connectivity index (χ1) is 10.6. The van der Waals surface area contributed by atoms with Crippen molar-refractivity contribution >= 4 is 11.0 Å². The minimum atomic E-state index is -2.88. The van der Waals surface area contributed by atoms with Crippen LogP contribution in [0.4, 0.5) is 8.78 Å². The minimum Gasteiger partial charge on any atom is -0.435 e. The summed E-state index contributed by atoms with van der Waals surface area (Å²) in [6.07, 6.45) is 3.22. The molecule has 0 spiro atoms. The number of pyridine rings is 1. The molecule has 0 saturated carbocycles. The Morgan fingerprint density at radius 3 is 2.86 bits per heavy atom. The van der Waals surface area contributed by atoms with Gasteiger partial charge in [0.1, 0.15) is 5.75 Å². The van der Waals surface area contributed by atoms with Crippen molar-refractivity contribution in [2.75, 3.05) is 0 Å². The number of imidazole rings is 1. The maximum Gasteiger partial charge on any atom is 0.387 e. The van der Waals surface area contributed by atoms with E-state index in [1.807, 2.05) is 0 Å². The molecular weight excluding hydrogens is 292 g/mol. The maximum absolute atomic E-state index is 12.3. The lowest BCUT2D eigenvalue weighted by atomic mass is 10.2. The topological polar surface area (TPSA) is 49.0 Å². The second-order valence-corrected chi connectivity index (χ2v) is 4.82.